The molecule has 0 aliphatic carbocycles. The van der Waals surface area contributed by atoms with Crippen molar-refractivity contribution in [3.8, 4) is 5.75 Å². The fraction of sp³-hybridized carbons (Fsp3) is 0.318. The first-order valence-corrected chi connectivity index (χ1v) is 9.34. The molecule has 3 amide bonds. The maximum atomic E-state index is 12.4. The summed E-state index contributed by atoms with van der Waals surface area (Å²) in [6, 6.07) is 12.4. The Morgan fingerprint density at radius 2 is 1.59 bits per heavy atom. The van der Waals surface area contributed by atoms with Crippen LogP contribution in [0.3, 0.4) is 0 Å². The van der Waals surface area contributed by atoms with Gasteiger partial charge in [0.2, 0.25) is 17.7 Å². The van der Waals surface area contributed by atoms with E-state index in [2.05, 4.69) is 16.0 Å². The van der Waals surface area contributed by atoms with Gasteiger partial charge in [-0.3, -0.25) is 14.4 Å². The fourth-order valence-electron chi connectivity index (χ4n) is 2.97. The minimum absolute atomic E-state index is 0.0164. The number of anilines is 1. The number of hydrogen-bond donors (Lipinski definition) is 3. The Balaban J connectivity index is 1.95. The third-order valence-electron chi connectivity index (χ3n) is 4.48. The number of nitrogens with one attached hydrogen (secondary N) is 3. The standard InChI is InChI=1S/C22H27N3O4/c1-14-6-5-7-15(2)22(14)25-21(28)13-23-20(27)12-19(24-16(3)26)17-8-10-18(29-4)11-9-17/h5-11,19H,12-13H2,1-4H3,(H,23,27)(H,24,26)(H,25,28). The second-order valence-electron chi connectivity index (χ2n) is 6.82. The largest absolute Gasteiger partial charge is 0.497 e. The molecule has 0 radical (unpaired) electrons. The van der Waals surface area contributed by atoms with Crippen LogP contribution in [0.15, 0.2) is 42.5 Å². The summed E-state index contributed by atoms with van der Waals surface area (Å²) >= 11 is 0. The monoisotopic (exact) mass is 397 g/mol. The van der Waals surface area contributed by atoms with Crippen LogP contribution in [0.25, 0.3) is 0 Å². The molecule has 29 heavy (non-hydrogen) atoms. The molecule has 0 aliphatic heterocycles. The summed E-state index contributed by atoms with van der Waals surface area (Å²) in [4.78, 5) is 36.1. The second-order valence-corrected chi connectivity index (χ2v) is 6.82. The first kappa shape index (κ1) is 21.9. The van der Waals surface area contributed by atoms with E-state index in [0.29, 0.717) is 5.75 Å². The summed E-state index contributed by atoms with van der Waals surface area (Å²) in [6.07, 6.45) is 0.0164. The van der Waals surface area contributed by atoms with E-state index in [9.17, 15) is 14.4 Å². The van der Waals surface area contributed by atoms with E-state index in [1.807, 2.05) is 32.0 Å². The molecule has 0 aliphatic rings. The van der Waals surface area contributed by atoms with E-state index in [-0.39, 0.29) is 30.7 Å². The van der Waals surface area contributed by atoms with Gasteiger partial charge < -0.3 is 20.7 Å². The van der Waals surface area contributed by atoms with E-state index in [1.54, 1.807) is 31.4 Å². The molecule has 0 saturated heterocycles. The summed E-state index contributed by atoms with van der Waals surface area (Å²) in [6.45, 7) is 5.07. The number of ether oxygens (including phenoxy) is 1. The molecule has 2 aromatic rings. The van der Waals surface area contributed by atoms with Crippen LogP contribution in [0.5, 0.6) is 5.75 Å². The van der Waals surface area contributed by atoms with Crippen LogP contribution in [0.4, 0.5) is 5.69 Å². The lowest BCUT2D eigenvalue weighted by Gasteiger charge is -2.18. The van der Waals surface area contributed by atoms with Gasteiger partial charge in [-0.15, -0.1) is 0 Å². The lowest BCUT2D eigenvalue weighted by molar-refractivity contribution is -0.125. The van der Waals surface area contributed by atoms with Gasteiger partial charge in [0.15, 0.2) is 0 Å². The third kappa shape index (κ3) is 6.64. The molecular formula is C22H27N3O4. The number of carbonyl (C=O) groups is 3. The van der Waals surface area contributed by atoms with Crippen molar-refractivity contribution in [1.29, 1.82) is 0 Å². The fourth-order valence-corrected chi connectivity index (χ4v) is 2.97. The number of methoxy groups -OCH3 is 1. The molecule has 7 nitrogen and oxygen atoms in total. The van der Waals surface area contributed by atoms with Crippen LogP contribution in [0.2, 0.25) is 0 Å². The van der Waals surface area contributed by atoms with Crippen LogP contribution in [0.1, 0.15) is 36.1 Å². The summed E-state index contributed by atoms with van der Waals surface area (Å²) in [5, 5.41) is 8.20. The summed E-state index contributed by atoms with van der Waals surface area (Å²) in [5.41, 5.74) is 3.43. The first-order chi connectivity index (χ1) is 13.8. The predicted octanol–water partition coefficient (Wildman–Crippen LogP) is 2.63. The van der Waals surface area contributed by atoms with Crippen LogP contribution in [0, 0.1) is 13.8 Å². The number of benzene rings is 2. The highest BCUT2D eigenvalue weighted by Gasteiger charge is 2.18. The predicted molar refractivity (Wildman–Crippen MR) is 112 cm³/mol. The lowest BCUT2D eigenvalue weighted by atomic mass is 10.0. The molecular weight excluding hydrogens is 370 g/mol. The van der Waals surface area contributed by atoms with Crippen molar-refractivity contribution < 1.29 is 19.1 Å². The molecule has 0 saturated carbocycles. The molecule has 1 unspecified atom stereocenters. The summed E-state index contributed by atoms with van der Waals surface area (Å²) in [7, 11) is 1.57. The Labute approximate surface area is 170 Å². The second kappa shape index (κ2) is 10.3. The number of aryl methyl sites for hydroxylation is 2. The van der Waals surface area contributed by atoms with Crippen LogP contribution in [-0.2, 0) is 14.4 Å². The Kier molecular flexibility index (Phi) is 7.77. The molecule has 154 valence electrons. The van der Waals surface area contributed by atoms with Gasteiger partial charge in [0, 0.05) is 12.6 Å². The van der Waals surface area contributed by atoms with Crippen molar-refractivity contribution >= 4 is 23.4 Å². The summed E-state index contributed by atoms with van der Waals surface area (Å²) < 4.78 is 5.13. The van der Waals surface area contributed by atoms with Gasteiger partial charge >= 0.3 is 0 Å². The van der Waals surface area contributed by atoms with Gasteiger partial charge in [0.05, 0.1) is 26.1 Å². The Hall–Kier alpha value is -3.35. The van der Waals surface area contributed by atoms with E-state index < -0.39 is 6.04 Å². The van der Waals surface area contributed by atoms with Gasteiger partial charge in [-0.1, -0.05) is 30.3 Å². The van der Waals surface area contributed by atoms with Crippen molar-refractivity contribution in [2.75, 3.05) is 19.0 Å². The third-order valence-corrected chi connectivity index (χ3v) is 4.48. The van der Waals surface area contributed by atoms with Gasteiger partial charge in [0.25, 0.3) is 0 Å². The minimum Gasteiger partial charge on any atom is -0.497 e. The normalized spacial score (nSPS) is 11.3. The van der Waals surface area contributed by atoms with Crippen molar-refractivity contribution in [2.45, 2.75) is 33.2 Å². The van der Waals surface area contributed by atoms with Crippen LogP contribution in [-0.4, -0.2) is 31.4 Å². The molecule has 2 aromatic carbocycles. The van der Waals surface area contributed by atoms with E-state index in [1.165, 1.54) is 6.92 Å². The maximum absolute atomic E-state index is 12.4. The van der Waals surface area contributed by atoms with Crippen molar-refractivity contribution in [1.82, 2.24) is 10.6 Å². The Morgan fingerprint density at radius 3 is 2.14 bits per heavy atom. The Morgan fingerprint density at radius 1 is 0.966 bits per heavy atom. The lowest BCUT2D eigenvalue weighted by Crippen LogP contribution is -2.36. The number of para-hydroxylation sites is 1. The van der Waals surface area contributed by atoms with Crippen LogP contribution < -0.4 is 20.7 Å². The number of hydrogen-bond acceptors (Lipinski definition) is 4. The van der Waals surface area contributed by atoms with Gasteiger partial charge in [-0.05, 0) is 42.7 Å². The highest BCUT2D eigenvalue weighted by molar-refractivity contribution is 5.95. The van der Waals surface area contributed by atoms with Crippen molar-refractivity contribution in [3.05, 3.63) is 59.2 Å². The molecule has 0 bridgehead atoms. The molecule has 2 rings (SSSR count). The molecule has 0 heterocycles. The maximum Gasteiger partial charge on any atom is 0.243 e. The molecule has 7 heteroatoms. The van der Waals surface area contributed by atoms with Gasteiger partial charge in [-0.25, -0.2) is 0 Å². The zero-order valence-electron chi connectivity index (χ0n) is 17.2. The number of carbonyl (C=O) groups excluding carboxylic acids is 3. The average Bonchev–Trinajstić information content (AvgIpc) is 2.68. The highest BCUT2D eigenvalue weighted by atomic mass is 16.5. The number of rotatable bonds is 8. The van der Waals surface area contributed by atoms with Crippen LogP contribution >= 0.6 is 0 Å². The zero-order chi connectivity index (χ0) is 21.4. The quantitative estimate of drug-likeness (QED) is 0.638. The molecule has 3 N–H and O–H groups in total. The molecule has 0 aromatic heterocycles. The topological polar surface area (TPSA) is 96.5 Å². The molecule has 0 spiro atoms. The molecule has 0 fully saturated rings. The number of amides is 3. The van der Waals surface area contributed by atoms with E-state index in [4.69, 9.17) is 4.74 Å². The molecule has 1 atom stereocenters. The highest BCUT2D eigenvalue weighted by Crippen LogP contribution is 2.21. The van der Waals surface area contributed by atoms with Gasteiger partial charge in [-0.2, -0.15) is 0 Å². The SMILES string of the molecule is COc1ccc(C(CC(=O)NCC(=O)Nc2c(C)cccc2C)NC(C)=O)cc1. The van der Waals surface area contributed by atoms with Crippen molar-refractivity contribution in [3.63, 3.8) is 0 Å². The Bertz CT molecular complexity index is 858. The van der Waals surface area contributed by atoms with E-state index in [0.717, 1.165) is 22.4 Å². The van der Waals surface area contributed by atoms with E-state index >= 15 is 0 Å². The smallest absolute Gasteiger partial charge is 0.243 e. The minimum atomic E-state index is -0.500. The van der Waals surface area contributed by atoms with Crippen molar-refractivity contribution in [2.24, 2.45) is 0 Å². The van der Waals surface area contributed by atoms with Gasteiger partial charge in [0.1, 0.15) is 5.75 Å². The summed E-state index contributed by atoms with van der Waals surface area (Å²) in [5.74, 6) is -0.207. The first-order valence-electron chi connectivity index (χ1n) is 9.34. The average molecular weight is 397 g/mol. The zero-order valence-corrected chi connectivity index (χ0v) is 17.2.